The van der Waals surface area contributed by atoms with Crippen LogP contribution in [0.15, 0.2) is 24.3 Å². The molecule has 1 aliphatic rings. The van der Waals surface area contributed by atoms with Gasteiger partial charge in [0, 0.05) is 18.9 Å². The summed E-state index contributed by atoms with van der Waals surface area (Å²) in [6, 6.07) is 7.34. The van der Waals surface area contributed by atoms with Gasteiger partial charge in [0.05, 0.1) is 12.3 Å². The molecule has 1 aliphatic heterocycles. The second-order valence-corrected chi connectivity index (χ2v) is 5.25. The summed E-state index contributed by atoms with van der Waals surface area (Å²) in [5, 5.41) is 5.72. The van der Waals surface area contributed by atoms with Crippen LogP contribution in [-0.2, 0) is 9.59 Å². The van der Waals surface area contributed by atoms with Crippen molar-refractivity contribution in [2.24, 2.45) is 0 Å². The molecule has 2 rings (SSSR count). The first-order valence-corrected chi connectivity index (χ1v) is 7.50. The van der Waals surface area contributed by atoms with E-state index in [1.807, 2.05) is 31.2 Å². The Labute approximate surface area is 125 Å². The van der Waals surface area contributed by atoms with Crippen LogP contribution in [0.3, 0.4) is 0 Å². The lowest BCUT2D eigenvalue weighted by Gasteiger charge is -2.22. The van der Waals surface area contributed by atoms with Gasteiger partial charge in [0.1, 0.15) is 5.75 Å². The summed E-state index contributed by atoms with van der Waals surface area (Å²) in [5.74, 6) is 0.612. The Morgan fingerprint density at radius 2 is 2.24 bits per heavy atom. The van der Waals surface area contributed by atoms with Crippen LogP contribution in [0, 0.1) is 0 Å². The van der Waals surface area contributed by atoms with E-state index >= 15 is 0 Å². The molecule has 1 heterocycles. The number of hydrogen-bond donors (Lipinski definition) is 2. The number of carbonyl (C=O) groups is 2. The molecule has 1 saturated heterocycles. The number of amides is 2. The normalized spacial score (nSPS) is 18.0. The summed E-state index contributed by atoms with van der Waals surface area (Å²) in [5.41, 5.74) is 0.679. The number of carbonyl (C=O) groups excluding carboxylic acids is 2. The van der Waals surface area contributed by atoms with Gasteiger partial charge in [-0.2, -0.15) is 0 Å². The highest BCUT2D eigenvalue weighted by molar-refractivity contribution is 5.93. The van der Waals surface area contributed by atoms with Gasteiger partial charge in [-0.3, -0.25) is 9.59 Å². The predicted molar refractivity (Wildman–Crippen MR) is 81.3 cm³/mol. The maximum atomic E-state index is 12.1. The Morgan fingerprint density at radius 1 is 1.43 bits per heavy atom. The number of rotatable bonds is 6. The Kier molecular flexibility index (Phi) is 5.60. The van der Waals surface area contributed by atoms with Crippen LogP contribution in [0.4, 0.5) is 5.69 Å². The van der Waals surface area contributed by atoms with E-state index in [4.69, 9.17) is 4.74 Å². The van der Waals surface area contributed by atoms with Gasteiger partial charge in [-0.1, -0.05) is 19.1 Å². The van der Waals surface area contributed by atoms with Gasteiger partial charge in [-0.15, -0.1) is 0 Å². The van der Waals surface area contributed by atoms with Crippen LogP contribution in [0.1, 0.15) is 39.0 Å². The topological polar surface area (TPSA) is 67.4 Å². The van der Waals surface area contributed by atoms with Crippen LogP contribution in [0.2, 0.25) is 0 Å². The molecule has 1 fully saturated rings. The van der Waals surface area contributed by atoms with Crippen molar-refractivity contribution in [3.63, 3.8) is 0 Å². The fraction of sp³-hybridized carbons (Fsp3) is 0.500. The molecule has 21 heavy (non-hydrogen) atoms. The van der Waals surface area contributed by atoms with E-state index in [1.54, 1.807) is 0 Å². The summed E-state index contributed by atoms with van der Waals surface area (Å²) in [6.07, 6.45) is 3.48. The molecule has 1 aromatic carbocycles. The third-order valence-electron chi connectivity index (χ3n) is 3.38. The zero-order valence-corrected chi connectivity index (χ0v) is 12.4. The molecule has 0 aromatic heterocycles. The minimum atomic E-state index is -0.102. The van der Waals surface area contributed by atoms with Gasteiger partial charge in [0.15, 0.2) is 0 Å². The number of piperidine rings is 1. The molecule has 0 spiro atoms. The average Bonchev–Trinajstić information content (AvgIpc) is 2.46. The number of nitrogens with one attached hydrogen (secondary N) is 2. The van der Waals surface area contributed by atoms with E-state index in [2.05, 4.69) is 10.6 Å². The van der Waals surface area contributed by atoms with Gasteiger partial charge >= 0.3 is 0 Å². The highest BCUT2D eigenvalue weighted by Crippen LogP contribution is 2.24. The largest absolute Gasteiger partial charge is 0.491 e. The lowest BCUT2D eigenvalue weighted by molar-refractivity contribution is -0.124. The van der Waals surface area contributed by atoms with E-state index in [1.165, 1.54) is 0 Å². The van der Waals surface area contributed by atoms with E-state index in [9.17, 15) is 9.59 Å². The van der Waals surface area contributed by atoms with Crippen LogP contribution in [-0.4, -0.2) is 24.5 Å². The van der Waals surface area contributed by atoms with Gasteiger partial charge in [0.2, 0.25) is 11.8 Å². The van der Waals surface area contributed by atoms with E-state index in [-0.39, 0.29) is 17.9 Å². The van der Waals surface area contributed by atoms with Crippen LogP contribution in [0.5, 0.6) is 5.75 Å². The first-order valence-electron chi connectivity index (χ1n) is 7.50. The zero-order valence-electron chi connectivity index (χ0n) is 12.4. The molecule has 2 amide bonds. The Morgan fingerprint density at radius 3 is 3.00 bits per heavy atom. The number of para-hydroxylation sites is 2. The Hall–Kier alpha value is -2.04. The van der Waals surface area contributed by atoms with Crippen LogP contribution in [0.25, 0.3) is 0 Å². The molecule has 0 radical (unpaired) electrons. The van der Waals surface area contributed by atoms with Crippen LogP contribution >= 0.6 is 0 Å². The molecule has 114 valence electrons. The monoisotopic (exact) mass is 290 g/mol. The Bertz CT molecular complexity index is 502. The van der Waals surface area contributed by atoms with Crippen molar-refractivity contribution in [2.75, 3.05) is 11.9 Å². The molecule has 1 aromatic rings. The molecule has 0 bridgehead atoms. The fourth-order valence-corrected chi connectivity index (χ4v) is 2.37. The van der Waals surface area contributed by atoms with Gasteiger partial charge in [-0.05, 0) is 31.4 Å². The van der Waals surface area contributed by atoms with E-state index in [0.29, 0.717) is 30.9 Å². The van der Waals surface area contributed by atoms with Crippen molar-refractivity contribution in [1.29, 1.82) is 0 Å². The fourth-order valence-electron chi connectivity index (χ4n) is 2.37. The molecule has 2 N–H and O–H groups in total. The van der Waals surface area contributed by atoms with Crippen molar-refractivity contribution in [3.05, 3.63) is 24.3 Å². The molecule has 0 saturated carbocycles. The molecular weight excluding hydrogens is 268 g/mol. The average molecular weight is 290 g/mol. The standard InChI is InChI=1S/C16H22N2O3/c1-2-10-21-14-8-4-3-7-13(14)18-16(20)11-12-6-5-9-15(19)17-12/h3-4,7-8,12H,2,5-6,9-11H2,1H3,(H,17,19)(H,18,20). The molecular formula is C16H22N2O3. The molecule has 5 nitrogen and oxygen atoms in total. The molecule has 5 heteroatoms. The first-order chi connectivity index (χ1) is 10.2. The summed E-state index contributed by atoms with van der Waals surface area (Å²) >= 11 is 0. The van der Waals surface area contributed by atoms with Crippen molar-refractivity contribution in [2.45, 2.75) is 45.1 Å². The van der Waals surface area contributed by atoms with Crippen molar-refractivity contribution < 1.29 is 14.3 Å². The molecule has 1 atom stereocenters. The lowest BCUT2D eigenvalue weighted by atomic mass is 10.0. The summed E-state index contributed by atoms with van der Waals surface area (Å²) < 4.78 is 5.61. The Balaban J connectivity index is 1.91. The first kappa shape index (κ1) is 15.4. The highest BCUT2D eigenvalue weighted by Gasteiger charge is 2.21. The number of ether oxygens (including phenoxy) is 1. The van der Waals surface area contributed by atoms with E-state index in [0.717, 1.165) is 19.3 Å². The second kappa shape index (κ2) is 7.67. The van der Waals surface area contributed by atoms with Gasteiger partial charge < -0.3 is 15.4 Å². The highest BCUT2D eigenvalue weighted by atomic mass is 16.5. The maximum absolute atomic E-state index is 12.1. The SMILES string of the molecule is CCCOc1ccccc1NC(=O)CC1CCCC(=O)N1. The van der Waals surface area contributed by atoms with Crippen molar-refractivity contribution in [1.82, 2.24) is 5.32 Å². The van der Waals surface area contributed by atoms with Gasteiger partial charge in [-0.25, -0.2) is 0 Å². The summed E-state index contributed by atoms with van der Waals surface area (Å²) in [6.45, 7) is 2.65. The third kappa shape index (κ3) is 4.77. The van der Waals surface area contributed by atoms with Crippen LogP contribution < -0.4 is 15.4 Å². The number of benzene rings is 1. The minimum Gasteiger partial charge on any atom is -0.491 e. The van der Waals surface area contributed by atoms with E-state index < -0.39 is 0 Å². The second-order valence-electron chi connectivity index (χ2n) is 5.25. The van der Waals surface area contributed by atoms with Gasteiger partial charge in [0.25, 0.3) is 0 Å². The third-order valence-corrected chi connectivity index (χ3v) is 3.38. The quantitative estimate of drug-likeness (QED) is 0.845. The number of anilines is 1. The van der Waals surface area contributed by atoms with Crippen molar-refractivity contribution in [3.8, 4) is 5.75 Å². The summed E-state index contributed by atoms with van der Waals surface area (Å²) in [7, 11) is 0. The predicted octanol–water partition coefficient (Wildman–Crippen LogP) is 2.47. The molecule has 0 aliphatic carbocycles. The lowest BCUT2D eigenvalue weighted by Crippen LogP contribution is -2.40. The summed E-state index contributed by atoms with van der Waals surface area (Å²) in [4.78, 5) is 23.4. The van der Waals surface area contributed by atoms with Crippen molar-refractivity contribution >= 4 is 17.5 Å². The molecule has 1 unspecified atom stereocenters. The smallest absolute Gasteiger partial charge is 0.226 e. The zero-order chi connectivity index (χ0) is 15.1. The number of hydrogen-bond acceptors (Lipinski definition) is 3. The minimum absolute atomic E-state index is 0.0331. The maximum Gasteiger partial charge on any atom is 0.226 e.